The van der Waals surface area contributed by atoms with E-state index in [0.717, 1.165) is 0 Å². The number of fused-ring (bicyclic) bond motifs is 3. The van der Waals surface area contributed by atoms with Gasteiger partial charge in [-0.3, -0.25) is 23.9 Å². The van der Waals surface area contributed by atoms with Crippen LogP contribution in [-0.4, -0.2) is 31.2 Å². The SMILES string of the molecule is COc1cc([N+](=O)[O-])ccc1OCc1nnc2n(C)c(=O)c3ccccc3n12. The highest BCUT2D eigenvalue weighted by atomic mass is 16.6. The Balaban J connectivity index is 1.76. The minimum absolute atomic E-state index is 0.0253. The number of hydrogen-bond donors (Lipinski definition) is 0. The Kier molecular flexibility index (Phi) is 4.15. The van der Waals surface area contributed by atoms with Crippen LogP contribution in [0.4, 0.5) is 5.69 Å². The van der Waals surface area contributed by atoms with Gasteiger partial charge >= 0.3 is 0 Å². The average molecular weight is 381 g/mol. The quantitative estimate of drug-likeness (QED) is 0.384. The largest absolute Gasteiger partial charge is 0.493 e. The number of para-hydroxylation sites is 1. The van der Waals surface area contributed by atoms with Crippen molar-refractivity contribution in [2.24, 2.45) is 7.05 Å². The van der Waals surface area contributed by atoms with Crippen molar-refractivity contribution >= 4 is 22.4 Å². The van der Waals surface area contributed by atoms with Gasteiger partial charge in [0.2, 0.25) is 5.78 Å². The van der Waals surface area contributed by atoms with E-state index in [1.807, 2.05) is 12.1 Å². The fraction of sp³-hybridized carbons (Fsp3) is 0.167. The molecule has 0 aliphatic heterocycles. The fourth-order valence-electron chi connectivity index (χ4n) is 3.02. The lowest BCUT2D eigenvalue weighted by Gasteiger charge is -2.11. The van der Waals surface area contributed by atoms with Crippen molar-refractivity contribution in [3.63, 3.8) is 0 Å². The van der Waals surface area contributed by atoms with Gasteiger partial charge in [0.05, 0.1) is 29.0 Å². The van der Waals surface area contributed by atoms with Crippen LogP contribution in [0.5, 0.6) is 11.5 Å². The summed E-state index contributed by atoms with van der Waals surface area (Å²) >= 11 is 0. The molecule has 2 heterocycles. The van der Waals surface area contributed by atoms with Crippen LogP contribution in [-0.2, 0) is 13.7 Å². The van der Waals surface area contributed by atoms with E-state index < -0.39 is 4.92 Å². The molecule has 0 fully saturated rings. The molecule has 0 saturated heterocycles. The molecule has 142 valence electrons. The summed E-state index contributed by atoms with van der Waals surface area (Å²) in [6, 6.07) is 11.2. The molecular formula is C18H15N5O5. The zero-order valence-electron chi connectivity index (χ0n) is 15.0. The van der Waals surface area contributed by atoms with E-state index in [9.17, 15) is 14.9 Å². The van der Waals surface area contributed by atoms with Crippen LogP contribution < -0.4 is 15.0 Å². The van der Waals surface area contributed by atoms with Crippen LogP contribution >= 0.6 is 0 Å². The predicted octanol–water partition coefficient (Wildman–Crippen LogP) is 2.08. The first-order chi connectivity index (χ1) is 13.5. The highest BCUT2D eigenvalue weighted by Crippen LogP contribution is 2.31. The number of hydrogen-bond acceptors (Lipinski definition) is 7. The third-order valence-electron chi connectivity index (χ3n) is 4.41. The number of aromatic nitrogens is 4. The van der Waals surface area contributed by atoms with E-state index in [0.29, 0.717) is 28.3 Å². The number of methoxy groups -OCH3 is 1. The standard InChI is InChI=1S/C18H15N5O5/c1-21-17(24)12-5-3-4-6-13(12)22-16(19-20-18(21)22)10-28-14-8-7-11(23(25)26)9-15(14)27-2/h3-9H,10H2,1-2H3. The Labute approximate surface area is 157 Å². The molecule has 0 aliphatic rings. The highest BCUT2D eigenvalue weighted by Gasteiger charge is 2.17. The first-order valence-corrected chi connectivity index (χ1v) is 8.28. The number of ether oxygens (including phenoxy) is 2. The first-order valence-electron chi connectivity index (χ1n) is 8.28. The summed E-state index contributed by atoms with van der Waals surface area (Å²) < 4.78 is 14.1. The van der Waals surface area contributed by atoms with Crippen LogP contribution in [0, 0.1) is 10.1 Å². The van der Waals surface area contributed by atoms with E-state index in [2.05, 4.69) is 10.2 Å². The van der Waals surface area contributed by atoms with Gasteiger partial charge in [-0.15, -0.1) is 10.2 Å². The number of rotatable bonds is 5. The molecule has 4 rings (SSSR count). The number of nitro groups is 1. The maximum atomic E-state index is 12.5. The van der Waals surface area contributed by atoms with Crippen molar-refractivity contribution in [3.8, 4) is 11.5 Å². The molecule has 0 unspecified atom stereocenters. The molecule has 0 bridgehead atoms. The van der Waals surface area contributed by atoms with Crippen molar-refractivity contribution in [2.75, 3.05) is 7.11 Å². The smallest absolute Gasteiger partial charge is 0.273 e. The molecule has 10 nitrogen and oxygen atoms in total. The fourth-order valence-corrected chi connectivity index (χ4v) is 3.02. The minimum atomic E-state index is -0.509. The second kappa shape index (κ2) is 6.65. The summed E-state index contributed by atoms with van der Waals surface area (Å²) in [5, 5.41) is 19.7. The molecule has 0 amide bonds. The van der Waals surface area contributed by atoms with E-state index >= 15 is 0 Å². The van der Waals surface area contributed by atoms with E-state index in [-0.39, 0.29) is 23.6 Å². The summed E-state index contributed by atoms with van der Waals surface area (Å²) in [4.78, 5) is 22.9. The van der Waals surface area contributed by atoms with Crippen LogP contribution in [0.25, 0.3) is 16.7 Å². The third-order valence-corrected chi connectivity index (χ3v) is 4.41. The lowest BCUT2D eigenvalue weighted by Crippen LogP contribution is -2.20. The second-order valence-electron chi connectivity index (χ2n) is 6.01. The Morgan fingerprint density at radius 3 is 2.68 bits per heavy atom. The maximum absolute atomic E-state index is 12.5. The summed E-state index contributed by atoms with van der Waals surface area (Å²) in [7, 11) is 3.03. The van der Waals surface area contributed by atoms with Gasteiger partial charge in [0.15, 0.2) is 17.3 Å². The Morgan fingerprint density at radius 1 is 1.14 bits per heavy atom. The van der Waals surface area contributed by atoms with Crippen molar-refractivity contribution in [1.29, 1.82) is 0 Å². The summed E-state index contributed by atoms with van der Waals surface area (Å²) in [6.45, 7) is 0.0253. The van der Waals surface area contributed by atoms with E-state index in [1.165, 1.54) is 29.9 Å². The highest BCUT2D eigenvalue weighted by molar-refractivity contribution is 5.80. The molecule has 0 saturated carbocycles. The van der Waals surface area contributed by atoms with Crippen LogP contribution in [0.3, 0.4) is 0 Å². The van der Waals surface area contributed by atoms with Gasteiger partial charge in [-0.25, -0.2) is 0 Å². The minimum Gasteiger partial charge on any atom is -0.493 e. The van der Waals surface area contributed by atoms with Crippen molar-refractivity contribution < 1.29 is 14.4 Å². The number of nitro benzene ring substituents is 1. The van der Waals surface area contributed by atoms with Crippen molar-refractivity contribution in [2.45, 2.75) is 6.61 Å². The van der Waals surface area contributed by atoms with Gasteiger partial charge in [-0.1, -0.05) is 12.1 Å². The molecule has 4 aromatic rings. The van der Waals surface area contributed by atoms with Crippen LogP contribution in [0.2, 0.25) is 0 Å². The molecule has 0 spiro atoms. The van der Waals surface area contributed by atoms with Gasteiger partial charge in [0.1, 0.15) is 6.61 Å². The molecule has 0 atom stereocenters. The van der Waals surface area contributed by atoms with Crippen molar-refractivity contribution in [1.82, 2.24) is 19.2 Å². The van der Waals surface area contributed by atoms with Crippen LogP contribution in [0.15, 0.2) is 47.3 Å². The lowest BCUT2D eigenvalue weighted by molar-refractivity contribution is -0.385. The number of non-ortho nitro benzene ring substituents is 1. The monoisotopic (exact) mass is 381 g/mol. The van der Waals surface area contributed by atoms with Gasteiger partial charge in [-0.05, 0) is 18.2 Å². The van der Waals surface area contributed by atoms with Gasteiger partial charge < -0.3 is 9.47 Å². The third kappa shape index (κ3) is 2.71. The molecule has 0 N–H and O–H groups in total. The summed E-state index contributed by atoms with van der Waals surface area (Å²) in [6.07, 6.45) is 0. The average Bonchev–Trinajstić information content (AvgIpc) is 3.14. The van der Waals surface area contributed by atoms with Crippen LogP contribution in [0.1, 0.15) is 5.82 Å². The summed E-state index contributed by atoms with van der Waals surface area (Å²) in [5.74, 6) is 1.43. The van der Waals surface area contributed by atoms with Gasteiger partial charge in [0, 0.05) is 13.1 Å². The zero-order valence-corrected chi connectivity index (χ0v) is 15.0. The second-order valence-corrected chi connectivity index (χ2v) is 6.01. The van der Waals surface area contributed by atoms with Crippen molar-refractivity contribution in [3.05, 3.63) is 68.8 Å². The zero-order chi connectivity index (χ0) is 19.8. The number of nitrogens with zero attached hydrogens (tertiary/aromatic N) is 5. The lowest BCUT2D eigenvalue weighted by atomic mass is 10.2. The molecule has 0 radical (unpaired) electrons. The van der Waals surface area contributed by atoms with E-state index in [4.69, 9.17) is 9.47 Å². The maximum Gasteiger partial charge on any atom is 0.273 e. The van der Waals surface area contributed by atoms with Gasteiger partial charge in [-0.2, -0.15) is 0 Å². The molecule has 2 aromatic heterocycles. The van der Waals surface area contributed by atoms with Gasteiger partial charge in [0.25, 0.3) is 11.2 Å². The number of aryl methyl sites for hydroxylation is 1. The topological polar surface area (TPSA) is 114 Å². The molecule has 0 aliphatic carbocycles. The summed E-state index contributed by atoms with van der Waals surface area (Å²) in [5.41, 5.74) is 0.401. The first kappa shape index (κ1) is 17.5. The number of benzene rings is 2. The molecular weight excluding hydrogens is 366 g/mol. The molecule has 2 aromatic carbocycles. The Morgan fingerprint density at radius 2 is 1.93 bits per heavy atom. The van der Waals surface area contributed by atoms with E-state index in [1.54, 1.807) is 23.6 Å². The predicted molar refractivity (Wildman–Crippen MR) is 99.7 cm³/mol. The Bertz CT molecular complexity index is 1280. The molecule has 28 heavy (non-hydrogen) atoms. The Hall–Kier alpha value is -3.95. The molecule has 10 heteroatoms. The normalized spacial score (nSPS) is 11.1.